The summed E-state index contributed by atoms with van der Waals surface area (Å²) in [7, 11) is -1.91. The second kappa shape index (κ2) is 7.45. The van der Waals surface area contributed by atoms with Crippen molar-refractivity contribution in [2.24, 2.45) is 0 Å². The summed E-state index contributed by atoms with van der Waals surface area (Å²) in [5.41, 5.74) is 1.18. The van der Waals surface area contributed by atoms with Gasteiger partial charge in [-0.1, -0.05) is 31.9 Å². The molecule has 0 N–H and O–H groups in total. The Morgan fingerprint density at radius 1 is 0.864 bits per heavy atom. The van der Waals surface area contributed by atoms with Crippen molar-refractivity contribution in [1.82, 2.24) is 0 Å². The Kier molecular flexibility index (Phi) is 5.61. The normalized spacial score (nSPS) is 11.4. The molecular weight excluding hydrogens is 296 g/mol. The van der Waals surface area contributed by atoms with Gasteiger partial charge < -0.3 is 4.74 Å². The van der Waals surface area contributed by atoms with Crippen LogP contribution in [0.3, 0.4) is 0 Å². The van der Waals surface area contributed by atoms with Crippen LogP contribution in [0.5, 0.6) is 5.75 Å². The SMILES string of the molecule is CCCCCc1ccc(S(=O)(=O)c2ccc(OC)cc2)cc1. The molecule has 0 radical (unpaired) electrons. The quantitative estimate of drug-likeness (QED) is 0.716. The van der Waals surface area contributed by atoms with Gasteiger partial charge in [-0.05, 0) is 54.8 Å². The average Bonchev–Trinajstić information content (AvgIpc) is 2.55. The summed E-state index contributed by atoms with van der Waals surface area (Å²) in [5.74, 6) is 0.644. The number of methoxy groups -OCH3 is 1. The molecule has 0 saturated carbocycles. The number of ether oxygens (including phenoxy) is 1. The van der Waals surface area contributed by atoms with E-state index in [-0.39, 0.29) is 4.90 Å². The van der Waals surface area contributed by atoms with Crippen molar-refractivity contribution in [2.45, 2.75) is 42.4 Å². The fourth-order valence-corrected chi connectivity index (χ4v) is 3.57. The lowest BCUT2D eigenvalue weighted by Crippen LogP contribution is -2.02. The summed E-state index contributed by atoms with van der Waals surface area (Å²) in [6, 6.07) is 13.7. The van der Waals surface area contributed by atoms with E-state index in [9.17, 15) is 8.42 Å². The van der Waals surface area contributed by atoms with Gasteiger partial charge in [-0.3, -0.25) is 0 Å². The predicted molar refractivity (Wildman–Crippen MR) is 88.1 cm³/mol. The smallest absolute Gasteiger partial charge is 0.206 e. The second-order valence-corrected chi connectivity index (χ2v) is 7.23. The molecule has 2 rings (SSSR count). The van der Waals surface area contributed by atoms with E-state index in [1.54, 1.807) is 43.5 Å². The first-order valence-electron chi connectivity index (χ1n) is 7.56. The van der Waals surface area contributed by atoms with Crippen LogP contribution in [0.2, 0.25) is 0 Å². The van der Waals surface area contributed by atoms with Crippen molar-refractivity contribution in [2.75, 3.05) is 7.11 Å². The third-order valence-corrected chi connectivity index (χ3v) is 5.46. The zero-order valence-corrected chi connectivity index (χ0v) is 13.9. The van der Waals surface area contributed by atoms with E-state index in [4.69, 9.17) is 4.74 Å². The van der Waals surface area contributed by atoms with Crippen LogP contribution in [-0.4, -0.2) is 15.5 Å². The van der Waals surface area contributed by atoms with E-state index in [0.717, 1.165) is 12.8 Å². The molecule has 0 atom stereocenters. The van der Waals surface area contributed by atoms with Gasteiger partial charge in [0.15, 0.2) is 0 Å². The van der Waals surface area contributed by atoms with E-state index < -0.39 is 9.84 Å². The molecule has 0 heterocycles. The fraction of sp³-hybridized carbons (Fsp3) is 0.333. The molecule has 0 aliphatic carbocycles. The highest BCUT2D eigenvalue weighted by atomic mass is 32.2. The molecule has 22 heavy (non-hydrogen) atoms. The minimum Gasteiger partial charge on any atom is -0.497 e. The minimum absolute atomic E-state index is 0.284. The molecule has 2 aromatic rings. The van der Waals surface area contributed by atoms with E-state index in [1.807, 2.05) is 12.1 Å². The molecule has 0 fully saturated rings. The molecule has 0 aromatic heterocycles. The van der Waals surface area contributed by atoms with Gasteiger partial charge in [0.1, 0.15) is 5.75 Å². The zero-order valence-electron chi connectivity index (χ0n) is 13.1. The molecule has 118 valence electrons. The fourth-order valence-electron chi connectivity index (χ4n) is 2.31. The van der Waals surface area contributed by atoms with Crippen LogP contribution in [0, 0.1) is 0 Å². The molecule has 0 aliphatic heterocycles. The lowest BCUT2D eigenvalue weighted by atomic mass is 10.1. The number of hydrogen-bond acceptors (Lipinski definition) is 3. The Morgan fingerprint density at radius 3 is 1.91 bits per heavy atom. The van der Waals surface area contributed by atoms with Gasteiger partial charge in [0.05, 0.1) is 16.9 Å². The minimum atomic E-state index is -3.46. The monoisotopic (exact) mass is 318 g/mol. The number of sulfone groups is 1. The summed E-state index contributed by atoms with van der Waals surface area (Å²) in [4.78, 5) is 0.615. The summed E-state index contributed by atoms with van der Waals surface area (Å²) in [6.07, 6.45) is 4.52. The molecular formula is C18H22O3S. The Bertz CT molecular complexity index is 686. The Labute approximate surface area is 132 Å². The van der Waals surface area contributed by atoms with Crippen LogP contribution in [0.4, 0.5) is 0 Å². The maximum Gasteiger partial charge on any atom is 0.206 e. The number of rotatable bonds is 7. The standard InChI is InChI=1S/C18H22O3S/c1-3-4-5-6-15-7-11-17(12-8-15)22(19,20)18-13-9-16(21-2)10-14-18/h7-14H,3-6H2,1-2H3. The third-order valence-electron chi connectivity index (χ3n) is 3.67. The van der Waals surface area contributed by atoms with Crippen molar-refractivity contribution in [1.29, 1.82) is 0 Å². The predicted octanol–water partition coefficient (Wildman–Crippen LogP) is 4.26. The van der Waals surface area contributed by atoms with Crippen molar-refractivity contribution in [3.8, 4) is 5.75 Å². The third kappa shape index (κ3) is 3.89. The van der Waals surface area contributed by atoms with Gasteiger partial charge in [-0.15, -0.1) is 0 Å². The highest BCUT2D eigenvalue weighted by Gasteiger charge is 2.17. The first kappa shape index (κ1) is 16.6. The second-order valence-electron chi connectivity index (χ2n) is 5.28. The van der Waals surface area contributed by atoms with E-state index in [2.05, 4.69) is 6.92 Å². The topological polar surface area (TPSA) is 43.4 Å². The van der Waals surface area contributed by atoms with Crippen molar-refractivity contribution >= 4 is 9.84 Å². The van der Waals surface area contributed by atoms with Crippen molar-refractivity contribution in [3.63, 3.8) is 0 Å². The molecule has 2 aromatic carbocycles. The molecule has 0 amide bonds. The first-order valence-corrected chi connectivity index (χ1v) is 9.04. The maximum atomic E-state index is 12.6. The number of benzene rings is 2. The summed E-state index contributed by atoms with van der Waals surface area (Å²) >= 11 is 0. The highest BCUT2D eigenvalue weighted by Crippen LogP contribution is 2.23. The Hall–Kier alpha value is -1.81. The Balaban J connectivity index is 2.18. The lowest BCUT2D eigenvalue weighted by molar-refractivity contribution is 0.414. The van der Waals surface area contributed by atoms with Gasteiger partial charge in [-0.25, -0.2) is 8.42 Å². The van der Waals surface area contributed by atoms with E-state index in [1.165, 1.54) is 18.4 Å². The van der Waals surface area contributed by atoms with Crippen LogP contribution in [-0.2, 0) is 16.3 Å². The van der Waals surface area contributed by atoms with Gasteiger partial charge in [0.2, 0.25) is 9.84 Å². The van der Waals surface area contributed by atoms with Crippen LogP contribution in [0.25, 0.3) is 0 Å². The average molecular weight is 318 g/mol. The summed E-state index contributed by atoms with van der Waals surface area (Å²) in [6.45, 7) is 2.17. The summed E-state index contributed by atoms with van der Waals surface area (Å²) in [5, 5.41) is 0. The maximum absolute atomic E-state index is 12.6. The molecule has 0 spiro atoms. The lowest BCUT2D eigenvalue weighted by Gasteiger charge is -2.07. The van der Waals surface area contributed by atoms with Crippen LogP contribution >= 0.6 is 0 Å². The molecule has 3 nitrogen and oxygen atoms in total. The van der Waals surface area contributed by atoms with Gasteiger partial charge >= 0.3 is 0 Å². The van der Waals surface area contributed by atoms with Crippen molar-refractivity contribution in [3.05, 3.63) is 54.1 Å². The summed E-state index contributed by atoms with van der Waals surface area (Å²) < 4.78 is 30.2. The number of unbranched alkanes of at least 4 members (excludes halogenated alkanes) is 2. The number of aryl methyl sites for hydroxylation is 1. The van der Waals surface area contributed by atoms with Crippen LogP contribution in [0.15, 0.2) is 58.3 Å². The van der Waals surface area contributed by atoms with Crippen molar-refractivity contribution < 1.29 is 13.2 Å². The largest absolute Gasteiger partial charge is 0.497 e. The number of hydrogen-bond donors (Lipinski definition) is 0. The Morgan fingerprint density at radius 2 is 1.41 bits per heavy atom. The van der Waals surface area contributed by atoms with E-state index in [0.29, 0.717) is 10.6 Å². The molecule has 0 aliphatic rings. The van der Waals surface area contributed by atoms with Gasteiger partial charge in [-0.2, -0.15) is 0 Å². The van der Waals surface area contributed by atoms with E-state index >= 15 is 0 Å². The first-order chi connectivity index (χ1) is 10.6. The zero-order chi connectivity index (χ0) is 16.0. The highest BCUT2D eigenvalue weighted by molar-refractivity contribution is 7.91. The molecule has 0 bridgehead atoms. The molecule has 0 unspecified atom stereocenters. The molecule has 4 heteroatoms. The van der Waals surface area contributed by atoms with Gasteiger partial charge in [0.25, 0.3) is 0 Å². The van der Waals surface area contributed by atoms with Crippen LogP contribution in [0.1, 0.15) is 31.7 Å². The molecule has 0 saturated heterocycles. The van der Waals surface area contributed by atoms with Crippen LogP contribution < -0.4 is 4.74 Å². The van der Waals surface area contributed by atoms with Gasteiger partial charge in [0, 0.05) is 0 Å².